The van der Waals surface area contributed by atoms with Crippen LogP contribution >= 0.6 is 0 Å². The molecule has 27 heavy (non-hydrogen) atoms. The van der Waals surface area contributed by atoms with Crippen molar-refractivity contribution in [3.63, 3.8) is 0 Å². The largest absolute Gasteiger partial charge is 0.497 e. The molecule has 1 N–H and O–H groups in total. The number of anilines is 2. The van der Waals surface area contributed by atoms with Crippen LogP contribution in [0.5, 0.6) is 5.75 Å². The molecule has 5 nitrogen and oxygen atoms in total. The summed E-state index contributed by atoms with van der Waals surface area (Å²) in [6.45, 7) is 8.09. The minimum Gasteiger partial charge on any atom is -0.497 e. The van der Waals surface area contributed by atoms with Crippen LogP contribution in [0.25, 0.3) is 0 Å². The van der Waals surface area contributed by atoms with Crippen LogP contribution in [-0.4, -0.2) is 31.9 Å². The Morgan fingerprint density at radius 2 is 1.78 bits per heavy atom. The zero-order valence-corrected chi connectivity index (χ0v) is 16.5. The Bertz CT molecular complexity index is 798. The van der Waals surface area contributed by atoms with Crippen molar-refractivity contribution in [2.24, 2.45) is 0 Å². The number of rotatable bonds is 9. The first-order valence-corrected chi connectivity index (χ1v) is 9.31. The SMILES string of the molecule is CCN(CC)c1ccc(NC(=O)CCC(=O)c2cccc(OC)c2)c(C)c1. The maximum atomic E-state index is 12.3. The smallest absolute Gasteiger partial charge is 0.224 e. The number of hydrogen-bond donors (Lipinski definition) is 1. The van der Waals surface area contributed by atoms with Gasteiger partial charge in [-0.25, -0.2) is 0 Å². The van der Waals surface area contributed by atoms with Crippen molar-refractivity contribution in [3.05, 3.63) is 53.6 Å². The summed E-state index contributed by atoms with van der Waals surface area (Å²) < 4.78 is 5.13. The van der Waals surface area contributed by atoms with Gasteiger partial charge in [0.2, 0.25) is 5.91 Å². The van der Waals surface area contributed by atoms with Gasteiger partial charge in [0.1, 0.15) is 5.75 Å². The normalized spacial score (nSPS) is 10.4. The lowest BCUT2D eigenvalue weighted by Gasteiger charge is -2.22. The van der Waals surface area contributed by atoms with Gasteiger partial charge in [-0.05, 0) is 56.7 Å². The molecule has 144 valence electrons. The number of ketones is 1. The number of nitrogens with zero attached hydrogens (tertiary/aromatic N) is 1. The molecule has 2 aromatic carbocycles. The lowest BCUT2D eigenvalue weighted by atomic mass is 10.1. The molecule has 0 unspecified atom stereocenters. The summed E-state index contributed by atoms with van der Waals surface area (Å²) in [6.07, 6.45) is 0.308. The number of aryl methyl sites for hydroxylation is 1. The monoisotopic (exact) mass is 368 g/mol. The second-order valence-corrected chi connectivity index (χ2v) is 6.37. The molecule has 0 aromatic heterocycles. The molecule has 0 saturated heterocycles. The Labute approximate surface area is 161 Å². The summed E-state index contributed by atoms with van der Waals surface area (Å²) in [5, 5.41) is 2.91. The molecule has 0 atom stereocenters. The van der Waals surface area contributed by atoms with Gasteiger partial charge in [0.05, 0.1) is 7.11 Å². The second-order valence-electron chi connectivity index (χ2n) is 6.37. The van der Waals surface area contributed by atoms with Gasteiger partial charge < -0.3 is 15.0 Å². The Hall–Kier alpha value is -2.82. The Morgan fingerprint density at radius 1 is 1.04 bits per heavy atom. The Morgan fingerprint density at radius 3 is 2.41 bits per heavy atom. The number of methoxy groups -OCH3 is 1. The van der Waals surface area contributed by atoms with Gasteiger partial charge in [0.15, 0.2) is 5.78 Å². The number of nitrogens with one attached hydrogen (secondary N) is 1. The van der Waals surface area contributed by atoms with Crippen molar-refractivity contribution >= 4 is 23.1 Å². The van der Waals surface area contributed by atoms with Crippen molar-refractivity contribution in [3.8, 4) is 5.75 Å². The average Bonchev–Trinajstić information content (AvgIpc) is 2.69. The molecule has 0 saturated carbocycles. The molecule has 0 fully saturated rings. The minimum atomic E-state index is -0.162. The van der Waals surface area contributed by atoms with Gasteiger partial charge in [-0.1, -0.05) is 12.1 Å². The van der Waals surface area contributed by atoms with Gasteiger partial charge in [-0.2, -0.15) is 0 Å². The molecular weight excluding hydrogens is 340 g/mol. The van der Waals surface area contributed by atoms with Gasteiger partial charge in [-0.3, -0.25) is 9.59 Å². The molecule has 0 heterocycles. The molecule has 0 aliphatic rings. The van der Waals surface area contributed by atoms with E-state index in [1.807, 2.05) is 19.1 Å². The van der Waals surface area contributed by atoms with E-state index in [0.29, 0.717) is 11.3 Å². The number of Topliss-reactive ketones (excluding diaryl/α,β-unsaturated/α-hetero) is 1. The van der Waals surface area contributed by atoms with E-state index in [4.69, 9.17) is 4.74 Å². The first-order valence-electron chi connectivity index (χ1n) is 9.31. The predicted molar refractivity (Wildman–Crippen MR) is 110 cm³/mol. The van der Waals surface area contributed by atoms with Crippen LogP contribution in [-0.2, 0) is 4.79 Å². The van der Waals surface area contributed by atoms with Crippen LogP contribution < -0.4 is 15.0 Å². The maximum Gasteiger partial charge on any atom is 0.224 e. The fraction of sp³-hybridized carbons (Fsp3) is 0.364. The number of carbonyl (C=O) groups is 2. The van der Waals surface area contributed by atoms with E-state index in [0.717, 1.165) is 30.0 Å². The first kappa shape index (κ1) is 20.5. The van der Waals surface area contributed by atoms with Crippen LogP contribution in [0.4, 0.5) is 11.4 Å². The molecule has 1 amide bonds. The minimum absolute atomic E-state index is 0.0716. The van der Waals surface area contributed by atoms with Crippen molar-refractivity contribution in [2.75, 3.05) is 30.4 Å². The zero-order valence-electron chi connectivity index (χ0n) is 16.5. The van der Waals surface area contributed by atoms with E-state index < -0.39 is 0 Å². The van der Waals surface area contributed by atoms with E-state index >= 15 is 0 Å². The average molecular weight is 368 g/mol. The number of hydrogen-bond acceptors (Lipinski definition) is 4. The standard InChI is InChI=1S/C22H28N2O3/c1-5-24(6-2)18-10-11-20(16(3)14-18)23-22(26)13-12-21(25)17-8-7-9-19(15-17)27-4/h7-11,14-15H,5-6,12-13H2,1-4H3,(H,23,26). The summed E-state index contributed by atoms with van der Waals surface area (Å²) in [7, 11) is 1.56. The van der Waals surface area contributed by atoms with Crippen molar-refractivity contribution in [2.45, 2.75) is 33.6 Å². The number of ether oxygens (including phenoxy) is 1. The topological polar surface area (TPSA) is 58.6 Å². The third kappa shape index (κ3) is 5.58. The van der Waals surface area contributed by atoms with E-state index in [1.165, 1.54) is 0 Å². The highest BCUT2D eigenvalue weighted by atomic mass is 16.5. The molecule has 2 rings (SSSR count). The number of amides is 1. The van der Waals surface area contributed by atoms with Crippen LogP contribution in [0.15, 0.2) is 42.5 Å². The van der Waals surface area contributed by atoms with Crippen LogP contribution in [0.2, 0.25) is 0 Å². The van der Waals surface area contributed by atoms with Gasteiger partial charge >= 0.3 is 0 Å². The maximum absolute atomic E-state index is 12.3. The van der Waals surface area contributed by atoms with Crippen LogP contribution in [0, 0.1) is 6.92 Å². The van der Waals surface area contributed by atoms with E-state index in [-0.39, 0.29) is 24.5 Å². The number of benzene rings is 2. The molecule has 5 heteroatoms. The van der Waals surface area contributed by atoms with Crippen molar-refractivity contribution in [1.82, 2.24) is 0 Å². The van der Waals surface area contributed by atoms with Crippen molar-refractivity contribution in [1.29, 1.82) is 0 Å². The van der Waals surface area contributed by atoms with Crippen LogP contribution in [0.3, 0.4) is 0 Å². The lowest BCUT2D eigenvalue weighted by molar-refractivity contribution is -0.116. The second kappa shape index (κ2) is 9.76. The quantitative estimate of drug-likeness (QED) is 0.664. The molecule has 2 aromatic rings. The van der Waals surface area contributed by atoms with Crippen LogP contribution in [0.1, 0.15) is 42.6 Å². The summed E-state index contributed by atoms with van der Waals surface area (Å²) in [5.74, 6) is 0.400. The van der Waals surface area contributed by atoms with E-state index in [9.17, 15) is 9.59 Å². The molecule has 0 aliphatic carbocycles. The lowest BCUT2D eigenvalue weighted by Crippen LogP contribution is -2.22. The highest BCUT2D eigenvalue weighted by Gasteiger charge is 2.12. The zero-order chi connectivity index (χ0) is 19.8. The Balaban J connectivity index is 1.94. The Kier molecular flexibility index (Phi) is 7.41. The fourth-order valence-electron chi connectivity index (χ4n) is 2.95. The van der Waals surface area contributed by atoms with E-state index in [1.54, 1.807) is 31.4 Å². The van der Waals surface area contributed by atoms with E-state index in [2.05, 4.69) is 30.1 Å². The van der Waals surface area contributed by atoms with Gasteiger partial charge in [0, 0.05) is 42.9 Å². The summed E-state index contributed by atoms with van der Waals surface area (Å²) >= 11 is 0. The highest BCUT2D eigenvalue weighted by molar-refractivity contribution is 6.00. The molecule has 0 radical (unpaired) electrons. The number of carbonyl (C=O) groups excluding carboxylic acids is 2. The molecule has 0 spiro atoms. The van der Waals surface area contributed by atoms with Gasteiger partial charge in [0.25, 0.3) is 0 Å². The summed E-state index contributed by atoms with van der Waals surface area (Å²) in [5.41, 5.74) is 3.49. The third-order valence-corrected chi connectivity index (χ3v) is 4.58. The predicted octanol–water partition coefficient (Wildman–Crippen LogP) is 4.45. The highest BCUT2D eigenvalue weighted by Crippen LogP contribution is 2.23. The molecule has 0 aliphatic heterocycles. The van der Waals surface area contributed by atoms with Gasteiger partial charge in [-0.15, -0.1) is 0 Å². The summed E-state index contributed by atoms with van der Waals surface area (Å²) in [4.78, 5) is 26.8. The molecular formula is C22H28N2O3. The fourth-order valence-corrected chi connectivity index (χ4v) is 2.95. The first-order chi connectivity index (χ1) is 13.0. The third-order valence-electron chi connectivity index (χ3n) is 4.58. The summed E-state index contributed by atoms with van der Waals surface area (Å²) in [6, 6.07) is 13.0. The molecule has 0 bridgehead atoms. The van der Waals surface area contributed by atoms with Crippen molar-refractivity contribution < 1.29 is 14.3 Å².